The summed E-state index contributed by atoms with van der Waals surface area (Å²) in [5.41, 5.74) is 2.16. The summed E-state index contributed by atoms with van der Waals surface area (Å²) in [5.74, 6) is 0. The van der Waals surface area contributed by atoms with Crippen LogP contribution in [0.3, 0.4) is 0 Å². The molecule has 1 nitrogen and oxygen atoms in total. The third-order valence-corrected chi connectivity index (χ3v) is 3.82. The van der Waals surface area contributed by atoms with Gasteiger partial charge in [0.1, 0.15) is 6.10 Å². The molecular formula is C13H13ClOS. The lowest BCUT2D eigenvalue weighted by Crippen LogP contribution is -1.97. The van der Waals surface area contributed by atoms with Crippen LogP contribution in [0.4, 0.5) is 0 Å². The van der Waals surface area contributed by atoms with E-state index in [1.54, 1.807) is 0 Å². The Bertz CT molecular complexity index is 478. The fourth-order valence-electron chi connectivity index (χ4n) is 1.62. The molecule has 1 heterocycles. The van der Waals surface area contributed by atoms with Crippen LogP contribution in [0, 0.1) is 0 Å². The summed E-state index contributed by atoms with van der Waals surface area (Å²) in [7, 11) is 0. The fourth-order valence-corrected chi connectivity index (χ4v) is 2.70. The number of halogens is 1. The zero-order chi connectivity index (χ0) is 11.5. The average Bonchev–Trinajstić information content (AvgIpc) is 2.75. The quantitative estimate of drug-likeness (QED) is 0.874. The Morgan fingerprint density at radius 1 is 1.31 bits per heavy atom. The molecule has 3 heteroatoms. The molecule has 0 radical (unpaired) electrons. The van der Waals surface area contributed by atoms with Crippen molar-refractivity contribution >= 4 is 22.9 Å². The van der Waals surface area contributed by atoms with Gasteiger partial charge in [0.05, 0.1) is 4.34 Å². The molecule has 16 heavy (non-hydrogen) atoms. The molecule has 2 rings (SSSR count). The Balaban J connectivity index is 2.29. The lowest BCUT2D eigenvalue weighted by Gasteiger charge is -2.09. The van der Waals surface area contributed by atoms with Gasteiger partial charge in [-0.2, -0.15) is 0 Å². The van der Waals surface area contributed by atoms with Crippen molar-refractivity contribution in [2.75, 3.05) is 0 Å². The minimum atomic E-state index is -0.566. The highest BCUT2D eigenvalue weighted by Gasteiger charge is 2.12. The van der Waals surface area contributed by atoms with E-state index in [4.69, 9.17) is 11.6 Å². The van der Waals surface area contributed by atoms with Crippen LogP contribution < -0.4 is 0 Å². The van der Waals surface area contributed by atoms with Crippen molar-refractivity contribution < 1.29 is 5.11 Å². The summed E-state index contributed by atoms with van der Waals surface area (Å²) < 4.78 is 0.709. The van der Waals surface area contributed by atoms with Crippen LogP contribution in [0.5, 0.6) is 0 Å². The van der Waals surface area contributed by atoms with Crippen molar-refractivity contribution in [1.82, 2.24) is 0 Å². The van der Waals surface area contributed by atoms with E-state index in [-0.39, 0.29) is 0 Å². The second-order valence-corrected chi connectivity index (χ2v) is 5.39. The van der Waals surface area contributed by atoms with Gasteiger partial charge in [-0.3, -0.25) is 0 Å². The number of hydrogen-bond donors (Lipinski definition) is 1. The highest BCUT2D eigenvalue weighted by molar-refractivity contribution is 7.16. The Morgan fingerprint density at radius 2 is 2.12 bits per heavy atom. The zero-order valence-electron chi connectivity index (χ0n) is 8.98. The van der Waals surface area contributed by atoms with E-state index in [1.165, 1.54) is 16.9 Å². The van der Waals surface area contributed by atoms with E-state index in [2.05, 4.69) is 13.0 Å². The Labute approximate surface area is 104 Å². The van der Waals surface area contributed by atoms with E-state index >= 15 is 0 Å². The van der Waals surface area contributed by atoms with Gasteiger partial charge in [-0.1, -0.05) is 42.8 Å². The molecule has 0 saturated heterocycles. The Morgan fingerprint density at radius 3 is 2.75 bits per heavy atom. The van der Waals surface area contributed by atoms with Crippen LogP contribution >= 0.6 is 22.9 Å². The van der Waals surface area contributed by atoms with Crippen LogP contribution in [-0.4, -0.2) is 5.11 Å². The number of thiophene rings is 1. The van der Waals surface area contributed by atoms with Crippen LogP contribution in [0.1, 0.15) is 29.0 Å². The maximum atomic E-state index is 10.2. The van der Waals surface area contributed by atoms with Crippen molar-refractivity contribution in [3.8, 4) is 0 Å². The van der Waals surface area contributed by atoms with E-state index in [0.29, 0.717) is 4.34 Å². The first-order valence-electron chi connectivity index (χ1n) is 5.23. The summed E-state index contributed by atoms with van der Waals surface area (Å²) in [6.45, 7) is 2.10. The Kier molecular flexibility index (Phi) is 3.64. The van der Waals surface area contributed by atoms with Gasteiger partial charge in [0.15, 0.2) is 0 Å². The molecule has 0 amide bonds. The average molecular weight is 253 g/mol. The van der Waals surface area contributed by atoms with Crippen LogP contribution in [0.2, 0.25) is 4.34 Å². The second kappa shape index (κ2) is 5.00. The third-order valence-electron chi connectivity index (χ3n) is 2.54. The molecule has 0 fully saturated rings. The summed E-state index contributed by atoms with van der Waals surface area (Å²) in [4.78, 5) is 0.887. The number of aryl methyl sites for hydroxylation is 1. The predicted molar refractivity (Wildman–Crippen MR) is 69.2 cm³/mol. The summed E-state index contributed by atoms with van der Waals surface area (Å²) in [6.07, 6.45) is 0.412. The zero-order valence-corrected chi connectivity index (χ0v) is 10.6. The first-order chi connectivity index (χ1) is 7.70. The minimum absolute atomic E-state index is 0.566. The third kappa shape index (κ3) is 2.46. The van der Waals surface area contributed by atoms with Crippen molar-refractivity contribution in [1.29, 1.82) is 0 Å². The molecule has 1 N–H and O–H groups in total. The highest BCUT2D eigenvalue weighted by atomic mass is 35.5. The van der Waals surface area contributed by atoms with Gasteiger partial charge in [-0.05, 0) is 29.7 Å². The molecule has 0 aliphatic heterocycles. The fraction of sp³-hybridized carbons (Fsp3) is 0.231. The Hall–Kier alpha value is -0.830. The SMILES string of the molecule is CCc1cccc(C(O)c2ccc(Cl)s2)c1. The lowest BCUT2D eigenvalue weighted by molar-refractivity contribution is 0.224. The monoisotopic (exact) mass is 252 g/mol. The molecule has 2 aromatic rings. The molecular weight excluding hydrogens is 240 g/mol. The normalized spacial score (nSPS) is 12.7. The van der Waals surface area contributed by atoms with E-state index < -0.39 is 6.10 Å². The van der Waals surface area contributed by atoms with Gasteiger partial charge in [0.25, 0.3) is 0 Å². The molecule has 0 saturated carbocycles. The molecule has 1 unspecified atom stereocenters. The maximum Gasteiger partial charge on any atom is 0.113 e. The second-order valence-electron chi connectivity index (χ2n) is 3.64. The standard InChI is InChI=1S/C13H13ClOS/c1-2-9-4-3-5-10(8-9)13(15)11-6-7-12(14)16-11/h3-8,13,15H,2H2,1H3. The number of aliphatic hydroxyl groups is 1. The minimum Gasteiger partial charge on any atom is -0.383 e. The molecule has 1 atom stereocenters. The molecule has 1 aromatic heterocycles. The topological polar surface area (TPSA) is 20.2 Å². The van der Waals surface area contributed by atoms with Gasteiger partial charge >= 0.3 is 0 Å². The van der Waals surface area contributed by atoms with Gasteiger partial charge in [-0.25, -0.2) is 0 Å². The van der Waals surface area contributed by atoms with Gasteiger partial charge in [0, 0.05) is 4.88 Å². The van der Waals surface area contributed by atoms with Gasteiger partial charge in [-0.15, -0.1) is 11.3 Å². The van der Waals surface area contributed by atoms with Gasteiger partial charge in [0.2, 0.25) is 0 Å². The molecule has 0 spiro atoms. The lowest BCUT2D eigenvalue weighted by atomic mass is 10.0. The number of rotatable bonds is 3. The summed E-state index contributed by atoms with van der Waals surface area (Å²) in [5, 5.41) is 10.2. The van der Waals surface area contributed by atoms with Crippen LogP contribution in [0.15, 0.2) is 36.4 Å². The number of hydrogen-bond acceptors (Lipinski definition) is 2. The first-order valence-corrected chi connectivity index (χ1v) is 6.42. The molecule has 0 bridgehead atoms. The van der Waals surface area contributed by atoms with Crippen molar-refractivity contribution in [2.24, 2.45) is 0 Å². The summed E-state index contributed by atoms with van der Waals surface area (Å²) >= 11 is 7.28. The largest absolute Gasteiger partial charge is 0.383 e. The molecule has 1 aromatic carbocycles. The van der Waals surface area contributed by atoms with E-state index in [1.807, 2.05) is 30.3 Å². The first kappa shape index (κ1) is 11.6. The molecule has 0 aliphatic carbocycles. The highest BCUT2D eigenvalue weighted by Crippen LogP contribution is 2.31. The smallest absolute Gasteiger partial charge is 0.113 e. The maximum absolute atomic E-state index is 10.2. The van der Waals surface area contributed by atoms with Crippen molar-refractivity contribution in [2.45, 2.75) is 19.4 Å². The predicted octanol–water partition coefficient (Wildman–Crippen LogP) is 4.05. The van der Waals surface area contributed by atoms with Gasteiger partial charge < -0.3 is 5.11 Å². The summed E-state index contributed by atoms with van der Waals surface area (Å²) in [6, 6.07) is 11.7. The van der Waals surface area contributed by atoms with Crippen LogP contribution in [-0.2, 0) is 6.42 Å². The van der Waals surface area contributed by atoms with Crippen LogP contribution in [0.25, 0.3) is 0 Å². The molecule has 84 valence electrons. The number of benzene rings is 1. The van der Waals surface area contributed by atoms with E-state index in [9.17, 15) is 5.11 Å². The van der Waals surface area contributed by atoms with Crippen molar-refractivity contribution in [3.05, 3.63) is 56.7 Å². The molecule has 0 aliphatic rings. The van der Waals surface area contributed by atoms with Crippen molar-refractivity contribution in [3.63, 3.8) is 0 Å². The van der Waals surface area contributed by atoms with E-state index in [0.717, 1.165) is 16.9 Å². The number of aliphatic hydroxyl groups excluding tert-OH is 1.